The van der Waals surface area contributed by atoms with Gasteiger partial charge in [-0.1, -0.05) is 11.6 Å². The molecule has 0 atom stereocenters. The summed E-state index contributed by atoms with van der Waals surface area (Å²) in [6.07, 6.45) is 0. The summed E-state index contributed by atoms with van der Waals surface area (Å²) < 4.78 is 0.512. The summed E-state index contributed by atoms with van der Waals surface area (Å²) in [5, 5.41) is 8.83. The lowest BCUT2D eigenvalue weighted by Gasteiger charge is -2.34. The number of carbonyl (C=O) groups is 2. The number of carboxylic acids is 1. The topological polar surface area (TPSA) is 57.6 Å². The number of nitrogens with zero attached hydrogens (tertiary/aromatic N) is 1. The molecule has 17 heavy (non-hydrogen) atoms. The Labute approximate surface area is 109 Å². The average Bonchev–Trinajstić information content (AvgIpc) is 2.58. The average molecular weight is 276 g/mol. The van der Waals surface area contributed by atoms with Crippen LogP contribution in [0.15, 0.2) is 12.1 Å². The third-order valence-electron chi connectivity index (χ3n) is 2.13. The van der Waals surface area contributed by atoms with Crippen LogP contribution in [0.25, 0.3) is 0 Å². The molecule has 1 heterocycles. The molecule has 1 aromatic heterocycles. The van der Waals surface area contributed by atoms with Gasteiger partial charge in [-0.2, -0.15) is 0 Å². The predicted octanol–water partition coefficient (Wildman–Crippen LogP) is 2.73. The summed E-state index contributed by atoms with van der Waals surface area (Å²) in [5.74, 6) is -1.34. The number of hydrogen-bond donors (Lipinski definition) is 1. The third kappa shape index (κ3) is 3.71. The van der Waals surface area contributed by atoms with E-state index in [1.54, 1.807) is 32.9 Å². The molecule has 0 aliphatic carbocycles. The van der Waals surface area contributed by atoms with Crippen molar-refractivity contribution in [1.29, 1.82) is 0 Å². The Bertz CT molecular complexity index is 436. The van der Waals surface area contributed by atoms with Gasteiger partial charge in [0.2, 0.25) is 0 Å². The van der Waals surface area contributed by atoms with Gasteiger partial charge in [-0.3, -0.25) is 9.59 Å². The number of amides is 1. The highest BCUT2D eigenvalue weighted by atomic mass is 35.5. The lowest BCUT2D eigenvalue weighted by Crippen LogP contribution is -2.48. The summed E-state index contributed by atoms with van der Waals surface area (Å²) in [7, 11) is 0. The third-order valence-corrected chi connectivity index (χ3v) is 3.35. The zero-order chi connectivity index (χ0) is 13.2. The molecule has 0 saturated heterocycles. The molecule has 0 aliphatic rings. The maximum Gasteiger partial charge on any atom is 0.323 e. The van der Waals surface area contributed by atoms with Crippen molar-refractivity contribution in [2.24, 2.45) is 0 Å². The fraction of sp³-hybridized carbons (Fsp3) is 0.455. The molecule has 0 aliphatic heterocycles. The first kappa shape index (κ1) is 14.0. The highest BCUT2D eigenvalue weighted by Gasteiger charge is 2.29. The van der Waals surface area contributed by atoms with E-state index < -0.39 is 11.5 Å². The first-order valence-electron chi connectivity index (χ1n) is 5.01. The zero-order valence-corrected chi connectivity index (χ0v) is 11.4. The molecule has 1 N–H and O–H groups in total. The monoisotopic (exact) mass is 275 g/mol. The van der Waals surface area contributed by atoms with Crippen LogP contribution in [0.1, 0.15) is 30.4 Å². The Morgan fingerprint density at radius 3 is 2.35 bits per heavy atom. The Kier molecular flexibility index (Phi) is 4.16. The van der Waals surface area contributed by atoms with Gasteiger partial charge in [-0.25, -0.2) is 0 Å². The van der Waals surface area contributed by atoms with Gasteiger partial charge in [0.15, 0.2) is 0 Å². The van der Waals surface area contributed by atoms with Crippen molar-refractivity contribution in [3.05, 3.63) is 21.3 Å². The first-order chi connectivity index (χ1) is 7.71. The SMILES string of the molecule is CC(C)(C)N(CC(=O)O)C(=O)c1ccc(Cl)s1. The minimum absolute atomic E-state index is 0.309. The van der Waals surface area contributed by atoms with Crippen LogP contribution in [0, 0.1) is 0 Å². The van der Waals surface area contributed by atoms with Crippen LogP contribution in [0.4, 0.5) is 0 Å². The maximum atomic E-state index is 12.2. The second-order valence-corrected chi connectivity index (χ2v) is 6.27. The summed E-state index contributed by atoms with van der Waals surface area (Å²) in [6.45, 7) is 5.06. The van der Waals surface area contributed by atoms with Crippen molar-refractivity contribution in [2.75, 3.05) is 6.54 Å². The smallest absolute Gasteiger partial charge is 0.323 e. The van der Waals surface area contributed by atoms with Crippen LogP contribution in [0.2, 0.25) is 4.34 Å². The highest BCUT2D eigenvalue weighted by molar-refractivity contribution is 7.17. The number of aliphatic carboxylic acids is 1. The van der Waals surface area contributed by atoms with Crippen molar-refractivity contribution < 1.29 is 14.7 Å². The molecule has 0 fully saturated rings. The van der Waals surface area contributed by atoms with Gasteiger partial charge in [0.05, 0.1) is 9.21 Å². The van der Waals surface area contributed by atoms with Crippen molar-refractivity contribution >= 4 is 34.8 Å². The Morgan fingerprint density at radius 2 is 2.00 bits per heavy atom. The van der Waals surface area contributed by atoms with Crippen LogP contribution in [0.5, 0.6) is 0 Å². The lowest BCUT2D eigenvalue weighted by atomic mass is 10.1. The predicted molar refractivity (Wildman–Crippen MR) is 67.8 cm³/mol. The van der Waals surface area contributed by atoms with E-state index in [0.29, 0.717) is 9.21 Å². The Morgan fingerprint density at radius 1 is 1.41 bits per heavy atom. The standard InChI is InChI=1S/C11H14ClNO3S/c1-11(2,3)13(6-9(14)15)10(16)7-4-5-8(12)17-7/h4-5H,6H2,1-3H3,(H,14,15). The number of hydrogen-bond acceptors (Lipinski definition) is 3. The first-order valence-corrected chi connectivity index (χ1v) is 6.20. The maximum absolute atomic E-state index is 12.2. The molecule has 94 valence electrons. The molecule has 1 amide bonds. The second kappa shape index (κ2) is 5.06. The number of carboxylic acid groups (broad SMARTS) is 1. The van der Waals surface area contributed by atoms with Crippen molar-refractivity contribution in [1.82, 2.24) is 4.90 Å². The molecular weight excluding hydrogens is 262 g/mol. The van der Waals surface area contributed by atoms with Crippen LogP contribution >= 0.6 is 22.9 Å². The van der Waals surface area contributed by atoms with Crippen LogP contribution < -0.4 is 0 Å². The summed E-state index contributed by atoms with van der Waals surface area (Å²) in [5.41, 5.74) is -0.550. The molecule has 6 heteroatoms. The van der Waals surface area contributed by atoms with Crippen molar-refractivity contribution in [2.45, 2.75) is 26.3 Å². The van der Waals surface area contributed by atoms with E-state index in [-0.39, 0.29) is 12.5 Å². The Balaban J connectivity index is 2.99. The molecule has 0 unspecified atom stereocenters. The van der Waals surface area contributed by atoms with Crippen LogP contribution in [0.3, 0.4) is 0 Å². The van der Waals surface area contributed by atoms with Gasteiger partial charge in [0.1, 0.15) is 6.54 Å². The second-order valence-electron chi connectivity index (χ2n) is 4.56. The highest BCUT2D eigenvalue weighted by Crippen LogP contribution is 2.25. The van der Waals surface area contributed by atoms with Gasteiger partial charge in [-0.05, 0) is 32.9 Å². The van der Waals surface area contributed by atoms with E-state index in [1.165, 1.54) is 4.90 Å². The summed E-state index contributed by atoms with van der Waals surface area (Å²) in [4.78, 5) is 24.7. The molecule has 0 aromatic carbocycles. The summed E-state index contributed by atoms with van der Waals surface area (Å²) >= 11 is 6.91. The minimum atomic E-state index is -1.03. The van der Waals surface area contributed by atoms with Gasteiger partial charge in [-0.15, -0.1) is 11.3 Å². The van der Waals surface area contributed by atoms with E-state index in [4.69, 9.17) is 16.7 Å². The molecule has 1 aromatic rings. The summed E-state index contributed by atoms with van der Waals surface area (Å²) in [6, 6.07) is 3.23. The lowest BCUT2D eigenvalue weighted by molar-refractivity contribution is -0.138. The normalized spacial score (nSPS) is 11.3. The molecule has 0 saturated carbocycles. The molecule has 0 bridgehead atoms. The number of rotatable bonds is 3. The van der Waals surface area contributed by atoms with E-state index in [9.17, 15) is 9.59 Å². The number of thiophene rings is 1. The van der Waals surface area contributed by atoms with Gasteiger partial charge < -0.3 is 10.0 Å². The van der Waals surface area contributed by atoms with Crippen LogP contribution in [-0.4, -0.2) is 34.0 Å². The van der Waals surface area contributed by atoms with E-state index in [1.807, 2.05) is 0 Å². The van der Waals surface area contributed by atoms with E-state index >= 15 is 0 Å². The van der Waals surface area contributed by atoms with E-state index in [0.717, 1.165) is 11.3 Å². The fourth-order valence-electron chi connectivity index (χ4n) is 1.31. The molecule has 1 rings (SSSR count). The molecule has 4 nitrogen and oxygen atoms in total. The van der Waals surface area contributed by atoms with Gasteiger partial charge in [0, 0.05) is 5.54 Å². The van der Waals surface area contributed by atoms with Crippen molar-refractivity contribution in [3.8, 4) is 0 Å². The van der Waals surface area contributed by atoms with Gasteiger partial charge in [0.25, 0.3) is 5.91 Å². The molecular formula is C11H14ClNO3S. The zero-order valence-electron chi connectivity index (χ0n) is 9.86. The number of carbonyl (C=O) groups excluding carboxylic acids is 1. The van der Waals surface area contributed by atoms with Crippen LogP contribution in [-0.2, 0) is 4.79 Å². The largest absolute Gasteiger partial charge is 0.480 e. The van der Waals surface area contributed by atoms with Gasteiger partial charge >= 0.3 is 5.97 Å². The van der Waals surface area contributed by atoms with E-state index in [2.05, 4.69) is 0 Å². The quantitative estimate of drug-likeness (QED) is 0.923. The minimum Gasteiger partial charge on any atom is -0.480 e. The molecule has 0 spiro atoms. The Hall–Kier alpha value is -1.07. The fourth-order valence-corrected chi connectivity index (χ4v) is 2.30. The number of halogens is 1. The molecule has 0 radical (unpaired) electrons. The van der Waals surface area contributed by atoms with Crippen molar-refractivity contribution in [3.63, 3.8) is 0 Å².